The van der Waals surface area contributed by atoms with Crippen molar-refractivity contribution >= 4 is 26.4 Å². The predicted octanol–water partition coefficient (Wildman–Crippen LogP) is 3.77. The van der Waals surface area contributed by atoms with Crippen LogP contribution in [0.4, 0.5) is 3.89 Å². The van der Waals surface area contributed by atoms with Gasteiger partial charge in [0.1, 0.15) is 5.75 Å². The maximum atomic E-state index is 12.5. The minimum atomic E-state index is -4.98. The van der Waals surface area contributed by atoms with Crippen LogP contribution in [0.15, 0.2) is 47.1 Å². The van der Waals surface area contributed by atoms with E-state index in [1.165, 1.54) is 12.1 Å². The summed E-state index contributed by atoms with van der Waals surface area (Å²) in [6.07, 6.45) is 3.95. The molecule has 2 heterocycles. The lowest BCUT2D eigenvalue weighted by Gasteiger charge is -2.24. The molecule has 24 heavy (non-hydrogen) atoms. The Balaban J connectivity index is 1.69. The molecule has 1 aliphatic heterocycles. The molecule has 1 atom stereocenters. The van der Waals surface area contributed by atoms with Gasteiger partial charge in [-0.05, 0) is 65.1 Å². The summed E-state index contributed by atoms with van der Waals surface area (Å²) in [5, 5.41) is 0. The van der Waals surface area contributed by atoms with Crippen molar-refractivity contribution in [3.05, 3.63) is 58.3 Å². The third kappa shape index (κ3) is 4.52. The molecule has 1 saturated heterocycles. The Hall–Kier alpha value is -1.51. The number of rotatable bonds is 5. The summed E-state index contributed by atoms with van der Waals surface area (Å²) in [4.78, 5) is 6.82. The third-order valence-electron chi connectivity index (χ3n) is 3.96. The van der Waals surface area contributed by atoms with Crippen molar-refractivity contribution in [3.63, 3.8) is 0 Å². The fourth-order valence-corrected chi connectivity index (χ4v) is 3.51. The molecule has 1 unspecified atom stereocenters. The fraction of sp³-hybridized carbons (Fsp3) is 0.312. The molecule has 128 valence electrons. The first-order chi connectivity index (χ1) is 11.4. The molecule has 0 bridgehead atoms. The molecule has 5 nitrogen and oxygen atoms in total. The number of halogens is 2. The summed E-state index contributed by atoms with van der Waals surface area (Å²) in [5.41, 5.74) is 2.04. The highest BCUT2D eigenvalue weighted by Gasteiger charge is 2.26. The highest BCUT2D eigenvalue weighted by molar-refractivity contribution is 9.10. The van der Waals surface area contributed by atoms with Crippen molar-refractivity contribution in [1.29, 1.82) is 0 Å². The van der Waals surface area contributed by atoms with Crippen LogP contribution in [-0.4, -0.2) is 24.8 Å². The molecule has 0 spiro atoms. The van der Waals surface area contributed by atoms with Gasteiger partial charge in [0.2, 0.25) is 0 Å². The van der Waals surface area contributed by atoms with Gasteiger partial charge in [-0.25, -0.2) is 0 Å². The highest BCUT2D eigenvalue weighted by Crippen LogP contribution is 2.32. The molecule has 0 amide bonds. The van der Waals surface area contributed by atoms with Crippen LogP contribution >= 0.6 is 15.9 Å². The zero-order valence-corrected chi connectivity index (χ0v) is 15.1. The Morgan fingerprint density at radius 2 is 2.00 bits per heavy atom. The van der Waals surface area contributed by atoms with Crippen molar-refractivity contribution in [3.8, 4) is 5.75 Å². The number of hydrogen-bond acceptors (Lipinski definition) is 5. The lowest BCUT2D eigenvalue weighted by atomic mass is 10.1. The standard InChI is InChI=1S/C16H16BrFN2O3S/c17-13-5-8-15(19-10-13)16-2-1-9-20(16)11-12-3-6-14(7-4-12)23-24(18,21)22/h3-8,10,16H,1-2,9,11H2. The summed E-state index contributed by atoms with van der Waals surface area (Å²) in [6.45, 7) is 1.69. The van der Waals surface area contributed by atoms with Crippen molar-refractivity contribution in [2.45, 2.75) is 25.4 Å². The van der Waals surface area contributed by atoms with Gasteiger partial charge in [-0.2, -0.15) is 8.42 Å². The van der Waals surface area contributed by atoms with Crippen molar-refractivity contribution in [1.82, 2.24) is 9.88 Å². The first kappa shape index (κ1) is 17.3. The number of hydrogen-bond donors (Lipinski definition) is 0. The molecule has 1 fully saturated rings. The molecular weight excluding hydrogens is 399 g/mol. The van der Waals surface area contributed by atoms with Gasteiger partial charge in [-0.3, -0.25) is 9.88 Å². The van der Waals surface area contributed by atoms with E-state index in [2.05, 4.69) is 30.0 Å². The molecule has 1 aliphatic rings. The summed E-state index contributed by atoms with van der Waals surface area (Å²) < 4.78 is 38.6. The summed E-state index contributed by atoms with van der Waals surface area (Å²) in [5.74, 6) is -0.0335. The van der Waals surface area contributed by atoms with E-state index in [0.29, 0.717) is 6.54 Å². The fourth-order valence-electron chi connectivity index (χ4n) is 2.93. The number of aromatic nitrogens is 1. The average Bonchev–Trinajstić information content (AvgIpc) is 2.97. The topological polar surface area (TPSA) is 59.5 Å². The van der Waals surface area contributed by atoms with E-state index < -0.39 is 10.5 Å². The minimum absolute atomic E-state index is 0.0335. The Labute approximate surface area is 149 Å². The third-order valence-corrected chi connectivity index (χ3v) is 4.82. The molecule has 0 saturated carbocycles. The zero-order valence-electron chi connectivity index (χ0n) is 12.7. The maximum absolute atomic E-state index is 12.5. The van der Waals surface area contributed by atoms with Gasteiger partial charge in [0.05, 0.1) is 11.7 Å². The minimum Gasteiger partial charge on any atom is -0.358 e. The number of pyridine rings is 1. The Kier molecular flexibility index (Phi) is 5.17. The van der Waals surface area contributed by atoms with Crippen LogP contribution in [0.25, 0.3) is 0 Å². The molecule has 3 rings (SSSR count). The second-order valence-corrected chi connectivity index (χ2v) is 7.52. The smallest absolute Gasteiger partial charge is 0.358 e. The monoisotopic (exact) mass is 414 g/mol. The van der Waals surface area contributed by atoms with E-state index in [1.54, 1.807) is 18.3 Å². The normalized spacial score (nSPS) is 18.7. The number of likely N-dealkylation sites (tertiary alicyclic amines) is 1. The van der Waals surface area contributed by atoms with Crippen LogP contribution < -0.4 is 4.18 Å². The van der Waals surface area contributed by atoms with Gasteiger partial charge in [-0.1, -0.05) is 16.0 Å². The van der Waals surface area contributed by atoms with Crippen LogP contribution in [0.2, 0.25) is 0 Å². The molecule has 2 aromatic rings. The largest absolute Gasteiger partial charge is 0.488 e. The van der Waals surface area contributed by atoms with E-state index in [9.17, 15) is 12.3 Å². The molecule has 0 aliphatic carbocycles. The van der Waals surface area contributed by atoms with Crippen LogP contribution in [-0.2, 0) is 17.0 Å². The van der Waals surface area contributed by atoms with Crippen molar-refractivity contribution in [2.24, 2.45) is 0 Å². The highest BCUT2D eigenvalue weighted by atomic mass is 79.9. The summed E-state index contributed by atoms with van der Waals surface area (Å²) in [7, 11) is -4.98. The average molecular weight is 415 g/mol. The first-order valence-electron chi connectivity index (χ1n) is 7.49. The molecule has 1 aromatic heterocycles. The van der Waals surface area contributed by atoms with Crippen molar-refractivity contribution in [2.75, 3.05) is 6.54 Å². The van der Waals surface area contributed by atoms with E-state index >= 15 is 0 Å². The van der Waals surface area contributed by atoms with Crippen LogP contribution in [0.5, 0.6) is 5.75 Å². The zero-order chi connectivity index (χ0) is 17.2. The molecule has 0 radical (unpaired) electrons. The van der Waals surface area contributed by atoms with E-state index in [-0.39, 0.29) is 11.8 Å². The van der Waals surface area contributed by atoms with Crippen LogP contribution in [0, 0.1) is 0 Å². The summed E-state index contributed by atoms with van der Waals surface area (Å²) >= 11 is 3.39. The van der Waals surface area contributed by atoms with Gasteiger partial charge < -0.3 is 4.18 Å². The SMILES string of the molecule is O=S(=O)(F)Oc1ccc(CN2CCCC2c2ccc(Br)cn2)cc1. The maximum Gasteiger partial charge on any atom is 0.488 e. The van der Waals surface area contributed by atoms with E-state index in [4.69, 9.17) is 0 Å². The quantitative estimate of drug-likeness (QED) is 0.696. The number of nitrogens with zero attached hydrogens (tertiary/aromatic N) is 2. The molecular formula is C16H16BrFN2O3S. The van der Waals surface area contributed by atoms with Gasteiger partial charge in [0.15, 0.2) is 0 Å². The molecule has 8 heteroatoms. The Morgan fingerprint density at radius 3 is 2.62 bits per heavy atom. The lowest BCUT2D eigenvalue weighted by Crippen LogP contribution is -2.23. The van der Waals surface area contributed by atoms with Gasteiger partial charge in [0, 0.05) is 17.2 Å². The lowest BCUT2D eigenvalue weighted by molar-refractivity contribution is 0.244. The van der Waals surface area contributed by atoms with Gasteiger partial charge in [-0.15, -0.1) is 0 Å². The predicted molar refractivity (Wildman–Crippen MR) is 91.4 cm³/mol. The van der Waals surface area contributed by atoms with Crippen LogP contribution in [0.3, 0.4) is 0 Å². The number of benzene rings is 1. The molecule has 0 N–H and O–H groups in total. The van der Waals surface area contributed by atoms with Crippen molar-refractivity contribution < 1.29 is 16.5 Å². The second kappa shape index (κ2) is 7.16. The van der Waals surface area contributed by atoms with E-state index in [1.807, 2.05) is 12.1 Å². The molecule has 1 aromatic carbocycles. The Bertz CT molecular complexity index is 797. The first-order valence-corrected chi connectivity index (χ1v) is 9.59. The Morgan fingerprint density at radius 1 is 1.25 bits per heavy atom. The van der Waals surface area contributed by atoms with E-state index in [0.717, 1.165) is 35.1 Å². The van der Waals surface area contributed by atoms with Gasteiger partial charge in [0.25, 0.3) is 0 Å². The van der Waals surface area contributed by atoms with Gasteiger partial charge >= 0.3 is 10.5 Å². The second-order valence-electron chi connectivity index (χ2n) is 5.65. The van der Waals surface area contributed by atoms with Crippen LogP contribution in [0.1, 0.15) is 30.1 Å². The summed E-state index contributed by atoms with van der Waals surface area (Å²) in [6, 6.07) is 10.7.